The number of rotatable bonds is 9. The van der Waals surface area contributed by atoms with E-state index in [9.17, 15) is 4.79 Å². The smallest absolute Gasteiger partial charge is 0.415 e. The Hall–Kier alpha value is -4.32. The summed E-state index contributed by atoms with van der Waals surface area (Å²) in [6.07, 6.45) is 3.06. The molecule has 0 saturated carbocycles. The summed E-state index contributed by atoms with van der Waals surface area (Å²) in [7, 11) is 1.64. The largest absolute Gasteiger partial charge is 0.481 e. The molecule has 0 N–H and O–H groups in total. The summed E-state index contributed by atoms with van der Waals surface area (Å²) in [5.41, 5.74) is 4.82. The number of aryl methyl sites for hydroxylation is 2. The van der Waals surface area contributed by atoms with Gasteiger partial charge in [0.1, 0.15) is 17.1 Å². The van der Waals surface area contributed by atoms with E-state index in [-0.39, 0.29) is 6.09 Å². The van der Waals surface area contributed by atoms with E-state index in [2.05, 4.69) is 12.1 Å². The molecule has 0 atom stereocenters. The van der Waals surface area contributed by atoms with Crippen molar-refractivity contribution in [2.24, 2.45) is 4.99 Å². The van der Waals surface area contributed by atoms with Crippen LogP contribution in [0.5, 0.6) is 5.75 Å². The molecule has 0 saturated heterocycles. The number of amides is 1. The summed E-state index contributed by atoms with van der Waals surface area (Å²) >= 11 is 0. The van der Waals surface area contributed by atoms with Gasteiger partial charge in [0.2, 0.25) is 5.90 Å². The molecule has 0 spiro atoms. The Morgan fingerprint density at radius 3 is 2.47 bits per heavy atom. The van der Waals surface area contributed by atoms with Crippen LogP contribution in [0.1, 0.15) is 42.7 Å². The summed E-state index contributed by atoms with van der Waals surface area (Å²) in [5.74, 6) is 2.02. The van der Waals surface area contributed by atoms with Gasteiger partial charge in [-0.3, -0.25) is 0 Å². The Bertz CT molecular complexity index is 1420. The molecule has 0 unspecified atom stereocenters. The van der Waals surface area contributed by atoms with Crippen molar-refractivity contribution in [3.05, 3.63) is 113 Å². The van der Waals surface area contributed by atoms with Gasteiger partial charge >= 0.3 is 6.09 Å². The molecule has 0 bridgehead atoms. The normalized spacial score (nSPS) is 12.0. The second-order valence-corrected chi connectivity index (χ2v) is 9.05. The molecule has 4 aromatic rings. The number of nitrogens with zero attached hydrogens (tertiary/aromatic N) is 2. The highest BCUT2D eigenvalue weighted by atomic mass is 16.6. The number of carbonyl (C=O) groups excluding carboxylic acids is 1. The fraction of sp³-hybridized carbons (Fsp3) is 0.250. The predicted octanol–water partition coefficient (Wildman–Crippen LogP) is 7.69. The van der Waals surface area contributed by atoms with Crippen LogP contribution in [0.4, 0.5) is 4.79 Å². The van der Waals surface area contributed by atoms with Crippen LogP contribution in [0.3, 0.4) is 0 Å². The molecule has 196 valence electrons. The molecule has 1 heterocycles. The minimum absolute atomic E-state index is 0.366. The first-order valence-corrected chi connectivity index (χ1v) is 12.9. The zero-order valence-electron chi connectivity index (χ0n) is 22.4. The Morgan fingerprint density at radius 1 is 1.03 bits per heavy atom. The molecule has 1 aromatic heterocycles. The average molecular weight is 511 g/mol. The first-order valence-electron chi connectivity index (χ1n) is 12.9. The maximum atomic E-state index is 12.7. The molecular weight excluding hydrogens is 476 g/mol. The van der Waals surface area contributed by atoms with Gasteiger partial charge in [0, 0.05) is 36.2 Å². The maximum absolute atomic E-state index is 12.7. The molecule has 0 fully saturated rings. The molecule has 6 heteroatoms. The van der Waals surface area contributed by atoms with Gasteiger partial charge in [-0.25, -0.2) is 9.79 Å². The summed E-state index contributed by atoms with van der Waals surface area (Å²) in [6, 6.07) is 25.4. The lowest BCUT2D eigenvalue weighted by atomic mass is 10.1. The molecular formula is C32H34N2O4. The van der Waals surface area contributed by atoms with Gasteiger partial charge in [0.05, 0.1) is 7.11 Å². The molecule has 38 heavy (non-hydrogen) atoms. The van der Waals surface area contributed by atoms with Crippen molar-refractivity contribution in [3.8, 4) is 5.75 Å². The number of furan rings is 1. The molecule has 4 rings (SSSR count). The van der Waals surface area contributed by atoms with Gasteiger partial charge in [-0.15, -0.1) is 0 Å². The van der Waals surface area contributed by atoms with E-state index in [0.717, 1.165) is 45.5 Å². The average Bonchev–Trinajstić information content (AvgIpc) is 3.35. The number of methoxy groups -OCH3 is 1. The fourth-order valence-corrected chi connectivity index (χ4v) is 4.12. The molecule has 0 aliphatic rings. The van der Waals surface area contributed by atoms with E-state index in [4.69, 9.17) is 18.9 Å². The molecule has 6 nitrogen and oxygen atoms in total. The maximum Gasteiger partial charge on any atom is 0.415 e. The molecule has 0 radical (unpaired) electrons. The van der Waals surface area contributed by atoms with Crippen molar-refractivity contribution < 1.29 is 18.7 Å². The highest BCUT2D eigenvalue weighted by molar-refractivity contribution is 5.94. The first kappa shape index (κ1) is 26.7. The van der Waals surface area contributed by atoms with Crippen LogP contribution in [0.2, 0.25) is 0 Å². The summed E-state index contributed by atoms with van der Waals surface area (Å²) in [6.45, 7) is 6.91. The number of allylic oxidation sites excluding steroid dienone is 2. The standard InChI is InChI=1S/C32H34N2O4/c1-5-27(33-31(36-4)25-10-8-7-9-11-25)15-18-29-21-26-20-24(14-19-30(26)37-29)22-34(6-2)32(35)38-28-16-12-23(3)13-17-28/h5,7-14,16-17,19-21H,6,15,18,22H2,1-4H3/b27-5+,33-31?. The van der Waals surface area contributed by atoms with E-state index in [1.54, 1.807) is 12.0 Å². The number of fused-ring (bicyclic) bond motifs is 1. The monoisotopic (exact) mass is 510 g/mol. The number of hydrogen-bond donors (Lipinski definition) is 0. The lowest BCUT2D eigenvalue weighted by Gasteiger charge is -2.20. The van der Waals surface area contributed by atoms with Gasteiger partial charge in [0.25, 0.3) is 0 Å². The Kier molecular flexibility index (Phi) is 8.98. The predicted molar refractivity (Wildman–Crippen MR) is 152 cm³/mol. The second-order valence-electron chi connectivity index (χ2n) is 9.05. The van der Waals surface area contributed by atoms with Gasteiger partial charge in [-0.2, -0.15) is 0 Å². The zero-order chi connectivity index (χ0) is 26.9. The van der Waals surface area contributed by atoms with Crippen LogP contribution >= 0.6 is 0 Å². The third-order valence-corrected chi connectivity index (χ3v) is 6.29. The third-order valence-electron chi connectivity index (χ3n) is 6.29. The number of aliphatic imine (C=N–C) groups is 1. The van der Waals surface area contributed by atoms with Gasteiger partial charge in [-0.05, 0) is 75.2 Å². The van der Waals surface area contributed by atoms with Crippen LogP contribution in [-0.4, -0.2) is 30.5 Å². The lowest BCUT2D eigenvalue weighted by molar-refractivity contribution is 0.152. The van der Waals surface area contributed by atoms with Crippen LogP contribution in [-0.2, 0) is 17.7 Å². The molecule has 1 amide bonds. The number of carbonyl (C=O) groups is 1. The summed E-state index contributed by atoms with van der Waals surface area (Å²) in [4.78, 5) is 19.1. The molecule has 0 aliphatic carbocycles. The van der Waals surface area contributed by atoms with E-state index in [1.165, 1.54) is 0 Å². The van der Waals surface area contributed by atoms with Crippen LogP contribution < -0.4 is 4.74 Å². The lowest BCUT2D eigenvalue weighted by Crippen LogP contribution is -2.32. The highest BCUT2D eigenvalue weighted by Crippen LogP contribution is 2.24. The molecule has 0 aliphatic heterocycles. The number of ether oxygens (including phenoxy) is 2. The topological polar surface area (TPSA) is 64.3 Å². The van der Waals surface area contributed by atoms with Crippen molar-refractivity contribution in [3.63, 3.8) is 0 Å². The Morgan fingerprint density at radius 2 is 1.79 bits per heavy atom. The SMILES string of the molecule is C/C=C(\CCc1cc2cc(CN(CC)C(=O)Oc3ccc(C)cc3)ccc2o1)N=C(OC)c1ccccc1. The van der Waals surface area contributed by atoms with E-state index < -0.39 is 0 Å². The quantitative estimate of drug-likeness (QED) is 0.171. The van der Waals surface area contributed by atoms with Crippen molar-refractivity contribution >= 4 is 23.0 Å². The Balaban J connectivity index is 1.41. The Labute approximate surface area is 224 Å². The third kappa shape index (κ3) is 6.91. The van der Waals surface area contributed by atoms with Gasteiger partial charge in [0.15, 0.2) is 0 Å². The summed E-state index contributed by atoms with van der Waals surface area (Å²) < 4.78 is 17.2. The van der Waals surface area contributed by atoms with Crippen molar-refractivity contribution in [1.82, 2.24) is 4.90 Å². The van der Waals surface area contributed by atoms with Crippen LogP contribution in [0.25, 0.3) is 11.0 Å². The van der Waals surface area contributed by atoms with E-state index in [1.807, 2.05) is 93.6 Å². The van der Waals surface area contributed by atoms with Crippen molar-refractivity contribution in [2.75, 3.05) is 13.7 Å². The van der Waals surface area contributed by atoms with E-state index in [0.29, 0.717) is 31.2 Å². The second kappa shape index (κ2) is 12.8. The van der Waals surface area contributed by atoms with E-state index >= 15 is 0 Å². The zero-order valence-corrected chi connectivity index (χ0v) is 22.4. The van der Waals surface area contributed by atoms with Gasteiger partial charge < -0.3 is 18.8 Å². The minimum atomic E-state index is -0.366. The molecule has 3 aromatic carbocycles. The van der Waals surface area contributed by atoms with Gasteiger partial charge in [-0.1, -0.05) is 48.0 Å². The van der Waals surface area contributed by atoms with Crippen molar-refractivity contribution in [2.45, 2.75) is 40.2 Å². The first-order chi connectivity index (χ1) is 18.5. The van der Waals surface area contributed by atoms with Crippen LogP contribution in [0.15, 0.2) is 100 Å². The van der Waals surface area contributed by atoms with Crippen LogP contribution in [0, 0.1) is 6.92 Å². The van der Waals surface area contributed by atoms with Crippen molar-refractivity contribution in [1.29, 1.82) is 0 Å². The summed E-state index contributed by atoms with van der Waals surface area (Å²) in [5, 5.41) is 1.01. The minimum Gasteiger partial charge on any atom is -0.481 e. The number of hydrogen-bond acceptors (Lipinski definition) is 5. The fourth-order valence-electron chi connectivity index (χ4n) is 4.12. The number of benzene rings is 3. The highest BCUT2D eigenvalue weighted by Gasteiger charge is 2.16.